The fraction of sp³-hybridized carbons (Fsp3) is 0.484. The van der Waals surface area contributed by atoms with Crippen LogP contribution in [-0.4, -0.2) is 44.1 Å². The van der Waals surface area contributed by atoms with Gasteiger partial charge < -0.3 is 19.9 Å². The van der Waals surface area contributed by atoms with E-state index in [0.29, 0.717) is 19.2 Å². The Labute approximate surface area is 230 Å². The molecule has 2 N–H and O–H groups in total. The lowest BCUT2D eigenvalue weighted by atomic mass is 9.76. The molecule has 8 heteroatoms. The zero-order valence-electron chi connectivity index (χ0n) is 23.8. The molecule has 0 bridgehead atoms. The van der Waals surface area contributed by atoms with Crippen LogP contribution in [0.5, 0.6) is 5.75 Å². The van der Waals surface area contributed by atoms with Gasteiger partial charge in [-0.25, -0.2) is 19.9 Å². The Morgan fingerprint density at radius 3 is 2.87 bits per heavy atom. The van der Waals surface area contributed by atoms with Crippen molar-refractivity contribution in [2.75, 3.05) is 18.1 Å². The summed E-state index contributed by atoms with van der Waals surface area (Å²) in [7, 11) is 0. The summed E-state index contributed by atoms with van der Waals surface area (Å²) in [5.74, 6) is 3.77. The Kier molecular flexibility index (Phi) is 6.75. The Balaban J connectivity index is 1.35. The van der Waals surface area contributed by atoms with Crippen molar-refractivity contribution in [1.29, 1.82) is 0 Å². The van der Waals surface area contributed by atoms with Crippen LogP contribution in [0.25, 0.3) is 22.3 Å². The Morgan fingerprint density at radius 1 is 1.15 bits per heavy atom. The molecule has 0 saturated heterocycles. The molecule has 204 valence electrons. The van der Waals surface area contributed by atoms with Crippen molar-refractivity contribution in [3.05, 3.63) is 58.9 Å². The summed E-state index contributed by atoms with van der Waals surface area (Å²) in [6.07, 6.45) is 6.13. The number of pyridine rings is 1. The van der Waals surface area contributed by atoms with E-state index in [1.54, 1.807) is 0 Å². The van der Waals surface area contributed by atoms with Crippen LogP contribution in [0.2, 0.25) is 0 Å². The second kappa shape index (κ2) is 10.2. The van der Waals surface area contributed by atoms with Crippen molar-refractivity contribution in [2.45, 2.75) is 79.4 Å². The lowest BCUT2D eigenvalue weighted by Crippen LogP contribution is -2.33. The molecule has 4 aromatic rings. The van der Waals surface area contributed by atoms with Crippen LogP contribution in [0.15, 0.2) is 30.5 Å². The number of hydrogen-bond acceptors (Lipinski definition) is 7. The monoisotopic (exact) mass is 525 g/mol. The first-order valence-electron chi connectivity index (χ1n) is 14.2. The number of nitrogens with zero attached hydrogens (tertiary/aromatic N) is 5. The lowest BCUT2D eigenvalue weighted by Gasteiger charge is -2.34. The maximum Gasteiger partial charge on any atom is 0.177 e. The van der Waals surface area contributed by atoms with Crippen molar-refractivity contribution < 1.29 is 4.74 Å². The lowest BCUT2D eigenvalue weighted by molar-refractivity contribution is 0.310. The van der Waals surface area contributed by atoms with Gasteiger partial charge >= 0.3 is 0 Å². The molecule has 1 atom stereocenters. The van der Waals surface area contributed by atoms with Gasteiger partial charge in [-0.2, -0.15) is 0 Å². The minimum Gasteiger partial charge on any atom is -0.491 e. The van der Waals surface area contributed by atoms with Gasteiger partial charge in [-0.3, -0.25) is 0 Å². The van der Waals surface area contributed by atoms with Gasteiger partial charge in [0, 0.05) is 41.2 Å². The molecule has 0 amide bonds. The molecule has 3 aromatic heterocycles. The minimum absolute atomic E-state index is 0.242. The SMILES string of the molecule is CC[C@H](C)NCc1nc2c(c(N3CCOc4ccc(-c5cnc6nc(C)[nH]c6c5)cc4C3)n1)CC(C)(C)CC2. The van der Waals surface area contributed by atoms with Crippen LogP contribution < -0.4 is 15.0 Å². The Hall–Kier alpha value is -3.52. The maximum absolute atomic E-state index is 6.24. The van der Waals surface area contributed by atoms with Crippen LogP contribution in [-0.2, 0) is 25.9 Å². The molecule has 4 heterocycles. The van der Waals surface area contributed by atoms with Gasteiger partial charge in [0.1, 0.15) is 29.8 Å². The normalized spacial score (nSPS) is 17.3. The average Bonchev–Trinajstić information content (AvgIpc) is 3.16. The molecule has 1 aliphatic carbocycles. The highest BCUT2D eigenvalue weighted by molar-refractivity contribution is 5.78. The first-order chi connectivity index (χ1) is 18.8. The number of anilines is 1. The standard InChI is InChI=1S/C31H39N7O/c1-6-19(2)32-17-28-36-25-9-10-31(4,5)15-24(25)30(37-28)38-11-12-39-27-8-7-21(13-23(27)18-38)22-14-26-29(33-16-22)35-20(3)34-26/h7-8,13-14,16,19,32H,6,9-12,15,17-18H2,1-5H3,(H,33,34,35)/t19-/m0/s1. The van der Waals surface area contributed by atoms with Gasteiger partial charge in [-0.1, -0.05) is 26.8 Å². The number of hydrogen-bond donors (Lipinski definition) is 2. The molecule has 2 aliphatic rings. The molecule has 0 radical (unpaired) electrons. The smallest absolute Gasteiger partial charge is 0.177 e. The summed E-state index contributed by atoms with van der Waals surface area (Å²) in [5, 5.41) is 3.59. The van der Waals surface area contributed by atoms with Crippen molar-refractivity contribution in [3.63, 3.8) is 0 Å². The van der Waals surface area contributed by atoms with Gasteiger partial charge in [0.05, 0.1) is 18.6 Å². The number of benzene rings is 1. The molecule has 0 saturated carbocycles. The number of rotatable bonds is 6. The topological polar surface area (TPSA) is 91.9 Å². The zero-order chi connectivity index (χ0) is 27.1. The van der Waals surface area contributed by atoms with E-state index in [-0.39, 0.29) is 5.41 Å². The Morgan fingerprint density at radius 2 is 2.03 bits per heavy atom. The number of aromatic amines is 1. The maximum atomic E-state index is 6.24. The molecule has 1 aliphatic heterocycles. The average molecular weight is 526 g/mol. The van der Waals surface area contributed by atoms with Crippen molar-refractivity contribution in [1.82, 2.24) is 30.2 Å². The predicted octanol–water partition coefficient (Wildman–Crippen LogP) is 5.53. The third-order valence-electron chi connectivity index (χ3n) is 8.16. The molecule has 0 spiro atoms. The fourth-order valence-corrected chi connectivity index (χ4v) is 5.66. The summed E-state index contributed by atoms with van der Waals surface area (Å²) >= 11 is 0. The highest BCUT2D eigenvalue weighted by atomic mass is 16.5. The second-order valence-corrected chi connectivity index (χ2v) is 11.9. The van der Waals surface area contributed by atoms with Crippen LogP contribution in [0, 0.1) is 12.3 Å². The number of aryl methyl sites for hydroxylation is 2. The largest absolute Gasteiger partial charge is 0.491 e. The molecular formula is C31H39N7O. The number of aromatic nitrogens is 5. The molecule has 1 aromatic carbocycles. The third-order valence-corrected chi connectivity index (χ3v) is 8.16. The number of nitrogens with one attached hydrogen (secondary N) is 2. The van der Waals surface area contributed by atoms with E-state index in [9.17, 15) is 0 Å². The van der Waals surface area contributed by atoms with Gasteiger partial charge in [0.15, 0.2) is 5.65 Å². The van der Waals surface area contributed by atoms with Crippen LogP contribution >= 0.6 is 0 Å². The van der Waals surface area contributed by atoms with E-state index < -0.39 is 0 Å². The van der Waals surface area contributed by atoms with Crippen LogP contribution in [0.3, 0.4) is 0 Å². The number of imidazole rings is 1. The number of ether oxygens (including phenoxy) is 1. The van der Waals surface area contributed by atoms with Crippen LogP contribution in [0.4, 0.5) is 5.82 Å². The molecule has 0 fully saturated rings. The van der Waals surface area contributed by atoms with Gasteiger partial charge in [0.2, 0.25) is 0 Å². The van der Waals surface area contributed by atoms with E-state index in [0.717, 1.165) is 89.8 Å². The van der Waals surface area contributed by atoms with Gasteiger partial charge in [0.25, 0.3) is 0 Å². The van der Waals surface area contributed by atoms with E-state index >= 15 is 0 Å². The third kappa shape index (κ3) is 5.35. The number of H-pyrrole nitrogens is 1. The van der Waals surface area contributed by atoms with E-state index in [4.69, 9.17) is 14.7 Å². The Bertz CT molecular complexity index is 1510. The summed E-state index contributed by atoms with van der Waals surface area (Å²) in [6, 6.07) is 9.01. The predicted molar refractivity (Wildman–Crippen MR) is 155 cm³/mol. The summed E-state index contributed by atoms with van der Waals surface area (Å²) in [5.41, 5.74) is 7.80. The first-order valence-corrected chi connectivity index (χ1v) is 14.2. The summed E-state index contributed by atoms with van der Waals surface area (Å²) < 4.78 is 6.24. The quantitative estimate of drug-likeness (QED) is 0.342. The summed E-state index contributed by atoms with van der Waals surface area (Å²) in [4.78, 5) is 25.0. The molecule has 8 nitrogen and oxygen atoms in total. The van der Waals surface area contributed by atoms with Gasteiger partial charge in [-0.15, -0.1) is 0 Å². The molecule has 0 unspecified atom stereocenters. The molecular weight excluding hydrogens is 486 g/mol. The highest BCUT2D eigenvalue weighted by Gasteiger charge is 2.31. The van der Waals surface area contributed by atoms with Crippen molar-refractivity contribution in [3.8, 4) is 16.9 Å². The van der Waals surface area contributed by atoms with E-state index in [1.807, 2.05) is 13.1 Å². The molecule has 39 heavy (non-hydrogen) atoms. The zero-order valence-corrected chi connectivity index (χ0v) is 23.8. The van der Waals surface area contributed by atoms with Gasteiger partial charge in [-0.05, 0) is 68.7 Å². The van der Waals surface area contributed by atoms with E-state index in [2.05, 4.69) is 77.1 Å². The highest BCUT2D eigenvalue weighted by Crippen LogP contribution is 2.39. The first kappa shape index (κ1) is 25.7. The molecule has 6 rings (SSSR count). The summed E-state index contributed by atoms with van der Waals surface area (Å²) in [6.45, 7) is 13.9. The van der Waals surface area contributed by atoms with Crippen molar-refractivity contribution in [2.24, 2.45) is 5.41 Å². The minimum atomic E-state index is 0.242. The number of fused-ring (bicyclic) bond motifs is 3. The van der Waals surface area contributed by atoms with Crippen LogP contribution in [0.1, 0.15) is 69.0 Å². The second-order valence-electron chi connectivity index (χ2n) is 11.9. The van der Waals surface area contributed by atoms with E-state index in [1.165, 1.54) is 11.3 Å². The fourth-order valence-electron chi connectivity index (χ4n) is 5.66. The van der Waals surface area contributed by atoms with Crippen molar-refractivity contribution >= 4 is 17.0 Å².